The van der Waals surface area contributed by atoms with Crippen molar-refractivity contribution in [2.45, 2.75) is 13.0 Å². The lowest BCUT2D eigenvalue weighted by Crippen LogP contribution is -2.40. The van der Waals surface area contributed by atoms with E-state index in [9.17, 15) is 4.79 Å². The summed E-state index contributed by atoms with van der Waals surface area (Å²) in [7, 11) is 1.67. The topological polar surface area (TPSA) is 67.8 Å². The van der Waals surface area contributed by atoms with E-state index in [-0.39, 0.29) is 11.3 Å². The second kappa shape index (κ2) is 8.65. The van der Waals surface area contributed by atoms with E-state index in [0.717, 1.165) is 37.4 Å². The van der Waals surface area contributed by atoms with Crippen molar-refractivity contribution in [1.29, 1.82) is 0 Å². The monoisotopic (exact) mass is 402 g/mol. The predicted molar refractivity (Wildman–Crippen MR) is 107 cm³/mol. The molecule has 4 rings (SSSR count). The van der Waals surface area contributed by atoms with Gasteiger partial charge in [0.05, 0.1) is 19.8 Å². The van der Waals surface area contributed by atoms with E-state index in [1.165, 1.54) is 17.1 Å². The standard InChI is InChI=1S/C20H26N4O3S/c1-26-8-7-24-14-20(10-19(24)25)13-23(6-9-27-15-20)11-16-2-4-17(5-3-16)18-12-28-22-21-18/h2-5,12H,6-11,13-15H2,1H3/t20-/m0/s1. The Morgan fingerprint density at radius 2 is 2.14 bits per heavy atom. The Bertz CT molecular complexity index is 783. The number of nitrogens with zero attached hydrogens (tertiary/aromatic N) is 4. The van der Waals surface area contributed by atoms with E-state index >= 15 is 0 Å². The molecule has 0 N–H and O–H groups in total. The third kappa shape index (κ3) is 4.41. The fourth-order valence-corrected chi connectivity index (χ4v) is 4.60. The molecule has 7 nitrogen and oxygen atoms in total. The number of amides is 1. The fraction of sp³-hybridized carbons (Fsp3) is 0.550. The molecule has 1 atom stereocenters. The summed E-state index contributed by atoms with van der Waals surface area (Å²) in [6.07, 6.45) is 0.559. The number of likely N-dealkylation sites (tertiary alicyclic amines) is 1. The molecule has 2 fully saturated rings. The Morgan fingerprint density at radius 3 is 2.89 bits per heavy atom. The zero-order valence-electron chi connectivity index (χ0n) is 16.2. The molecule has 2 aliphatic rings. The second-order valence-electron chi connectivity index (χ2n) is 7.74. The van der Waals surface area contributed by atoms with Crippen LogP contribution in [0.15, 0.2) is 29.6 Å². The van der Waals surface area contributed by atoms with Crippen LogP contribution in [0.25, 0.3) is 11.3 Å². The minimum atomic E-state index is -0.118. The minimum Gasteiger partial charge on any atom is -0.383 e. The molecule has 2 saturated heterocycles. The van der Waals surface area contributed by atoms with Gasteiger partial charge in [0.15, 0.2) is 0 Å². The molecule has 1 amide bonds. The molecule has 1 spiro atoms. The van der Waals surface area contributed by atoms with E-state index < -0.39 is 0 Å². The van der Waals surface area contributed by atoms with Gasteiger partial charge in [-0.25, -0.2) is 0 Å². The Balaban J connectivity index is 1.41. The quantitative estimate of drug-likeness (QED) is 0.735. The number of aromatic nitrogens is 2. The molecule has 0 aliphatic carbocycles. The number of methoxy groups -OCH3 is 1. The van der Waals surface area contributed by atoms with Crippen molar-refractivity contribution in [2.75, 3.05) is 53.1 Å². The normalized spacial score (nSPS) is 23.5. The minimum absolute atomic E-state index is 0.118. The summed E-state index contributed by atoms with van der Waals surface area (Å²) < 4.78 is 15.0. The summed E-state index contributed by atoms with van der Waals surface area (Å²) in [4.78, 5) is 16.8. The average molecular weight is 403 g/mol. The molecule has 1 aromatic carbocycles. The van der Waals surface area contributed by atoms with Crippen LogP contribution in [0.5, 0.6) is 0 Å². The zero-order chi connectivity index (χ0) is 19.4. The number of hydrogen-bond donors (Lipinski definition) is 0. The molecule has 8 heteroatoms. The van der Waals surface area contributed by atoms with Crippen LogP contribution in [0.4, 0.5) is 0 Å². The highest BCUT2D eigenvalue weighted by atomic mass is 32.1. The van der Waals surface area contributed by atoms with Crippen LogP contribution >= 0.6 is 11.5 Å². The lowest BCUT2D eigenvalue weighted by atomic mass is 9.87. The highest BCUT2D eigenvalue weighted by molar-refractivity contribution is 7.03. The van der Waals surface area contributed by atoms with Gasteiger partial charge in [0, 0.05) is 62.6 Å². The van der Waals surface area contributed by atoms with Gasteiger partial charge >= 0.3 is 0 Å². The van der Waals surface area contributed by atoms with Crippen LogP contribution in [0, 0.1) is 5.41 Å². The van der Waals surface area contributed by atoms with Gasteiger partial charge in [-0.3, -0.25) is 9.69 Å². The zero-order valence-corrected chi connectivity index (χ0v) is 17.0. The van der Waals surface area contributed by atoms with Crippen molar-refractivity contribution < 1.29 is 14.3 Å². The summed E-state index contributed by atoms with van der Waals surface area (Å²) in [5.74, 6) is 0.212. The van der Waals surface area contributed by atoms with Gasteiger partial charge < -0.3 is 14.4 Å². The first kappa shape index (κ1) is 19.4. The molecule has 0 radical (unpaired) electrons. The third-order valence-electron chi connectivity index (χ3n) is 5.51. The van der Waals surface area contributed by atoms with E-state index in [0.29, 0.717) is 32.8 Å². The lowest BCUT2D eigenvalue weighted by molar-refractivity contribution is -0.128. The van der Waals surface area contributed by atoms with Gasteiger partial charge in [0.2, 0.25) is 5.91 Å². The van der Waals surface area contributed by atoms with Crippen molar-refractivity contribution >= 4 is 17.4 Å². The highest BCUT2D eigenvalue weighted by Crippen LogP contribution is 2.34. The van der Waals surface area contributed by atoms with E-state index in [2.05, 4.69) is 38.8 Å². The van der Waals surface area contributed by atoms with Crippen LogP contribution in [0.3, 0.4) is 0 Å². The number of ether oxygens (including phenoxy) is 2. The Hall–Kier alpha value is -1.87. The summed E-state index contributed by atoms with van der Waals surface area (Å²) in [5, 5.41) is 6.08. The SMILES string of the molecule is COCCN1C[C@]2(COCCN(Cc3ccc(-c4csnn4)cc3)C2)CC1=O. The molecular formula is C20H26N4O3S. The van der Waals surface area contributed by atoms with Gasteiger partial charge in [0.25, 0.3) is 0 Å². The van der Waals surface area contributed by atoms with Crippen molar-refractivity contribution in [3.8, 4) is 11.3 Å². The van der Waals surface area contributed by atoms with Gasteiger partial charge in [0.1, 0.15) is 5.69 Å². The lowest BCUT2D eigenvalue weighted by Gasteiger charge is -2.31. The van der Waals surface area contributed by atoms with Gasteiger partial charge in [-0.15, -0.1) is 5.10 Å². The Labute approximate surface area is 169 Å². The average Bonchev–Trinajstić information content (AvgIpc) is 3.28. The Kier molecular flexibility index (Phi) is 6.01. The fourth-order valence-electron chi connectivity index (χ4n) is 4.14. The third-order valence-corrected chi connectivity index (χ3v) is 6.01. The first-order valence-electron chi connectivity index (χ1n) is 9.61. The largest absolute Gasteiger partial charge is 0.383 e. The summed E-state index contributed by atoms with van der Waals surface area (Å²) in [5.41, 5.74) is 3.14. The van der Waals surface area contributed by atoms with Crippen molar-refractivity contribution in [3.05, 3.63) is 35.2 Å². The van der Waals surface area contributed by atoms with Crippen LogP contribution in [-0.2, 0) is 20.8 Å². The maximum Gasteiger partial charge on any atom is 0.223 e. The van der Waals surface area contributed by atoms with E-state index in [1.54, 1.807) is 7.11 Å². The molecule has 0 bridgehead atoms. The molecule has 0 saturated carbocycles. The van der Waals surface area contributed by atoms with E-state index in [4.69, 9.17) is 9.47 Å². The van der Waals surface area contributed by atoms with Crippen molar-refractivity contribution in [2.24, 2.45) is 5.41 Å². The van der Waals surface area contributed by atoms with Crippen molar-refractivity contribution in [3.63, 3.8) is 0 Å². The van der Waals surface area contributed by atoms with Crippen LogP contribution in [0.2, 0.25) is 0 Å². The highest BCUT2D eigenvalue weighted by Gasteiger charge is 2.45. The van der Waals surface area contributed by atoms with Crippen LogP contribution in [0.1, 0.15) is 12.0 Å². The van der Waals surface area contributed by atoms with E-state index in [1.807, 2.05) is 10.3 Å². The molecule has 2 aliphatic heterocycles. The number of hydrogen-bond acceptors (Lipinski definition) is 7. The first-order chi connectivity index (χ1) is 13.7. The maximum absolute atomic E-state index is 12.5. The molecule has 150 valence electrons. The van der Waals surface area contributed by atoms with Gasteiger partial charge in [-0.05, 0) is 17.1 Å². The number of carbonyl (C=O) groups excluding carboxylic acids is 1. The number of benzene rings is 1. The predicted octanol–water partition coefficient (Wildman–Crippen LogP) is 1.90. The number of carbonyl (C=O) groups is 1. The molecule has 1 aromatic heterocycles. The van der Waals surface area contributed by atoms with Gasteiger partial charge in [-0.2, -0.15) is 0 Å². The van der Waals surface area contributed by atoms with Gasteiger partial charge in [-0.1, -0.05) is 28.8 Å². The first-order valence-corrected chi connectivity index (χ1v) is 10.4. The summed E-state index contributed by atoms with van der Waals surface area (Å²) in [6, 6.07) is 8.50. The molecular weight excluding hydrogens is 376 g/mol. The molecule has 3 heterocycles. The summed E-state index contributed by atoms with van der Waals surface area (Å²) in [6.45, 7) is 5.95. The second-order valence-corrected chi connectivity index (χ2v) is 8.35. The molecule has 0 unspecified atom stereocenters. The molecule has 28 heavy (non-hydrogen) atoms. The Morgan fingerprint density at radius 1 is 1.29 bits per heavy atom. The smallest absolute Gasteiger partial charge is 0.223 e. The maximum atomic E-state index is 12.5. The van der Waals surface area contributed by atoms with Crippen LogP contribution in [-0.4, -0.2) is 78.4 Å². The number of rotatable bonds is 6. The van der Waals surface area contributed by atoms with Crippen molar-refractivity contribution in [1.82, 2.24) is 19.4 Å². The summed E-state index contributed by atoms with van der Waals surface area (Å²) >= 11 is 1.36. The molecule has 2 aromatic rings. The van der Waals surface area contributed by atoms with Crippen LogP contribution < -0.4 is 0 Å².